The van der Waals surface area contributed by atoms with E-state index in [0.717, 1.165) is 25.1 Å². The quantitative estimate of drug-likeness (QED) is 0.838. The van der Waals surface area contributed by atoms with Crippen LogP contribution in [0.15, 0.2) is 45.5 Å². The molecule has 3 heteroatoms. The number of halogens is 1. The van der Waals surface area contributed by atoms with Crippen LogP contribution in [-0.4, -0.2) is 6.54 Å². The average Bonchev–Trinajstić information content (AvgIpc) is 2.91. The molecule has 0 saturated heterocycles. The van der Waals surface area contributed by atoms with Gasteiger partial charge in [-0.1, -0.05) is 41.1 Å². The third-order valence-electron chi connectivity index (χ3n) is 3.22. The second kappa shape index (κ2) is 6.92. The molecular weight excluding hydrogens is 302 g/mol. The molecule has 1 atom stereocenters. The molecule has 0 aliphatic rings. The molecule has 1 aromatic heterocycles. The highest BCUT2D eigenvalue weighted by molar-refractivity contribution is 9.10. The summed E-state index contributed by atoms with van der Waals surface area (Å²) >= 11 is 3.71. The number of nitrogens with one attached hydrogen (secondary N) is 1. The van der Waals surface area contributed by atoms with E-state index >= 15 is 0 Å². The normalized spacial score (nSPS) is 12.6. The molecule has 0 amide bonds. The Morgan fingerprint density at radius 1 is 1.26 bits per heavy atom. The van der Waals surface area contributed by atoms with Gasteiger partial charge in [0.2, 0.25) is 0 Å². The van der Waals surface area contributed by atoms with Gasteiger partial charge in [0, 0.05) is 16.9 Å². The Bertz CT molecular complexity index is 507. The zero-order valence-electron chi connectivity index (χ0n) is 11.4. The third kappa shape index (κ3) is 3.71. The fourth-order valence-electron chi connectivity index (χ4n) is 2.18. The van der Waals surface area contributed by atoms with Crippen LogP contribution >= 0.6 is 15.9 Å². The van der Waals surface area contributed by atoms with Crippen LogP contribution in [0.1, 0.15) is 36.3 Å². The molecule has 0 spiro atoms. The summed E-state index contributed by atoms with van der Waals surface area (Å²) in [4.78, 5) is 0. The van der Waals surface area contributed by atoms with Crippen LogP contribution in [0.2, 0.25) is 0 Å². The van der Waals surface area contributed by atoms with Gasteiger partial charge in [-0.05, 0) is 43.1 Å². The Balaban J connectivity index is 2.23. The molecule has 0 aliphatic carbocycles. The molecule has 0 aliphatic heterocycles. The van der Waals surface area contributed by atoms with E-state index < -0.39 is 0 Å². The maximum Gasteiger partial charge on any atom is 0.105 e. The zero-order valence-corrected chi connectivity index (χ0v) is 13.0. The van der Waals surface area contributed by atoms with E-state index in [1.807, 2.05) is 12.1 Å². The number of hydrogen-bond acceptors (Lipinski definition) is 2. The molecule has 1 N–H and O–H groups in total. The Labute approximate surface area is 123 Å². The lowest BCUT2D eigenvalue weighted by molar-refractivity contribution is 0.448. The van der Waals surface area contributed by atoms with Gasteiger partial charge >= 0.3 is 0 Å². The minimum Gasteiger partial charge on any atom is -0.469 e. The van der Waals surface area contributed by atoms with Gasteiger partial charge in [-0.2, -0.15) is 0 Å². The Morgan fingerprint density at radius 3 is 2.79 bits per heavy atom. The van der Waals surface area contributed by atoms with Crippen molar-refractivity contribution in [1.82, 2.24) is 5.32 Å². The summed E-state index contributed by atoms with van der Waals surface area (Å²) < 4.78 is 6.67. The minimum atomic E-state index is 0.278. The summed E-state index contributed by atoms with van der Waals surface area (Å²) in [6.45, 7) is 5.31. The fraction of sp³-hybridized carbons (Fsp3) is 0.375. The van der Waals surface area contributed by atoms with E-state index in [1.54, 1.807) is 6.26 Å². The summed E-state index contributed by atoms with van der Waals surface area (Å²) in [5.41, 5.74) is 2.56. The van der Waals surface area contributed by atoms with Crippen molar-refractivity contribution in [3.8, 4) is 0 Å². The first-order chi connectivity index (χ1) is 9.22. The maximum absolute atomic E-state index is 5.48. The number of aryl methyl sites for hydroxylation is 1. The van der Waals surface area contributed by atoms with Gasteiger partial charge in [0.1, 0.15) is 5.76 Å². The van der Waals surface area contributed by atoms with Crippen LogP contribution in [0.25, 0.3) is 0 Å². The summed E-state index contributed by atoms with van der Waals surface area (Å²) in [6, 6.07) is 10.7. The lowest BCUT2D eigenvalue weighted by Gasteiger charge is -2.20. The van der Waals surface area contributed by atoms with Crippen molar-refractivity contribution in [1.29, 1.82) is 0 Å². The van der Waals surface area contributed by atoms with Gasteiger partial charge in [-0.3, -0.25) is 0 Å². The first-order valence-electron chi connectivity index (χ1n) is 6.73. The highest BCUT2D eigenvalue weighted by Gasteiger charge is 2.16. The highest BCUT2D eigenvalue weighted by Crippen LogP contribution is 2.29. The van der Waals surface area contributed by atoms with E-state index in [1.165, 1.54) is 15.6 Å². The van der Waals surface area contributed by atoms with Crippen molar-refractivity contribution in [2.45, 2.75) is 32.7 Å². The van der Waals surface area contributed by atoms with Crippen LogP contribution in [-0.2, 0) is 6.42 Å². The molecule has 0 bridgehead atoms. The molecule has 0 fully saturated rings. The summed E-state index contributed by atoms with van der Waals surface area (Å²) in [5.74, 6) is 1.02. The van der Waals surface area contributed by atoms with Crippen LogP contribution in [0.5, 0.6) is 0 Å². The van der Waals surface area contributed by atoms with Crippen LogP contribution in [0.4, 0.5) is 0 Å². The van der Waals surface area contributed by atoms with Gasteiger partial charge in [-0.25, -0.2) is 0 Å². The van der Waals surface area contributed by atoms with Gasteiger partial charge in [-0.15, -0.1) is 0 Å². The first-order valence-corrected chi connectivity index (χ1v) is 7.52. The number of furan rings is 1. The van der Waals surface area contributed by atoms with E-state index in [4.69, 9.17) is 4.42 Å². The molecule has 1 unspecified atom stereocenters. The van der Waals surface area contributed by atoms with E-state index in [9.17, 15) is 0 Å². The molecule has 1 aromatic carbocycles. The molecule has 19 heavy (non-hydrogen) atoms. The van der Waals surface area contributed by atoms with Gasteiger partial charge < -0.3 is 9.73 Å². The molecule has 0 radical (unpaired) electrons. The van der Waals surface area contributed by atoms with Crippen molar-refractivity contribution >= 4 is 15.9 Å². The predicted octanol–water partition coefficient (Wildman–Crippen LogP) is 4.63. The third-order valence-corrected chi connectivity index (χ3v) is 4.31. The molecule has 102 valence electrons. The highest BCUT2D eigenvalue weighted by atomic mass is 79.9. The largest absolute Gasteiger partial charge is 0.469 e. The van der Waals surface area contributed by atoms with Crippen molar-refractivity contribution in [3.63, 3.8) is 0 Å². The van der Waals surface area contributed by atoms with Crippen molar-refractivity contribution in [2.24, 2.45) is 0 Å². The summed E-state index contributed by atoms with van der Waals surface area (Å²) in [6.07, 6.45) is 3.73. The SMILES string of the molecule is CCCNC(Cc1ccco1)c1cccc(C)c1Br. The predicted molar refractivity (Wildman–Crippen MR) is 82.3 cm³/mol. The van der Waals surface area contributed by atoms with E-state index in [2.05, 4.69) is 53.3 Å². The van der Waals surface area contributed by atoms with E-state index in [-0.39, 0.29) is 6.04 Å². The van der Waals surface area contributed by atoms with Crippen LogP contribution in [0.3, 0.4) is 0 Å². The van der Waals surface area contributed by atoms with Crippen molar-refractivity contribution in [2.75, 3.05) is 6.54 Å². The van der Waals surface area contributed by atoms with Gasteiger partial charge in [0.25, 0.3) is 0 Å². The van der Waals surface area contributed by atoms with Crippen molar-refractivity contribution in [3.05, 3.63) is 58.0 Å². The number of hydrogen-bond donors (Lipinski definition) is 1. The molecule has 2 rings (SSSR count). The van der Waals surface area contributed by atoms with Crippen LogP contribution in [0, 0.1) is 6.92 Å². The Hall–Kier alpha value is -1.06. The molecule has 2 nitrogen and oxygen atoms in total. The Morgan fingerprint density at radius 2 is 2.11 bits per heavy atom. The second-order valence-corrected chi connectivity index (χ2v) is 5.56. The smallest absolute Gasteiger partial charge is 0.105 e. The average molecular weight is 322 g/mol. The topological polar surface area (TPSA) is 25.2 Å². The van der Waals surface area contributed by atoms with E-state index in [0.29, 0.717) is 0 Å². The summed E-state index contributed by atoms with van der Waals surface area (Å²) in [7, 11) is 0. The fourth-order valence-corrected chi connectivity index (χ4v) is 2.72. The second-order valence-electron chi connectivity index (χ2n) is 4.77. The standard InChI is InChI=1S/C16H20BrNO/c1-3-9-18-15(11-13-7-5-10-19-13)14-8-4-6-12(2)16(14)17/h4-8,10,15,18H,3,9,11H2,1-2H3. The van der Waals surface area contributed by atoms with Crippen LogP contribution < -0.4 is 5.32 Å². The van der Waals surface area contributed by atoms with Crippen molar-refractivity contribution < 1.29 is 4.42 Å². The van der Waals surface area contributed by atoms with Gasteiger partial charge in [0.15, 0.2) is 0 Å². The zero-order chi connectivity index (χ0) is 13.7. The maximum atomic E-state index is 5.48. The first kappa shape index (κ1) is 14.4. The molecule has 2 aromatic rings. The minimum absolute atomic E-state index is 0.278. The molecule has 0 saturated carbocycles. The lowest BCUT2D eigenvalue weighted by Crippen LogP contribution is -2.24. The number of rotatable bonds is 6. The van der Waals surface area contributed by atoms with Gasteiger partial charge in [0.05, 0.1) is 6.26 Å². The monoisotopic (exact) mass is 321 g/mol. The Kier molecular flexibility index (Phi) is 5.23. The molecular formula is C16H20BrNO. The number of benzene rings is 1. The molecule has 1 heterocycles. The summed E-state index contributed by atoms with van der Waals surface area (Å²) in [5, 5.41) is 3.60. The lowest BCUT2D eigenvalue weighted by atomic mass is 10.0.